The summed E-state index contributed by atoms with van der Waals surface area (Å²) in [6.07, 6.45) is 0.714. The van der Waals surface area contributed by atoms with E-state index in [0.29, 0.717) is 11.4 Å². The predicted molar refractivity (Wildman–Crippen MR) is 81.3 cm³/mol. The SMILES string of the molecule is Oc1ccc(Cc2nc(-c3ccc(Cl)cc3)ns2)cc1. The smallest absolute Gasteiger partial charge is 0.173 e. The Morgan fingerprint density at radius 2 is 1.70 bits per heavy atom. The van der Waals surface area contributed by atoms with Gasteiger partial charge in [0.2, 0.25) is 0 Å². The van der Waals surface area contributed by atoms with Crippen LogP contribution in [0.5, 0.6) is 5.75 Å². The minimum Gasteiger partial charge on any atom is -0.508 e. The molecule has 3 nitrogen and oxygen atoms in total. The fourth-order valence-electron chi connectivity index (χ4n) is 1.83. The first-order valence-corrected chi connectivity index (χ1v) is 7.22. The Balaban J connectivity index is 1.80. The monoisotopic (exact) mass is 302 g/mol. The second-order valence-electron chi connectivity index (χ2n) is 4.36. The van der Waals surface area contributed by atoms with Crippen LogP contribution in [0.1, 0.15) is 10.6 Å². The average molecular weight is 303 g/mol. The minimum absolute atomic E-state index is 0.271. The molecule has 0 spiro atoms. The van der Waals surface area contributed by atoms with Crippen LogP contribution in [0.2, 0.25) is 5.02 Å². The molecule has 0 atom stereocenters. The molecule has 3 aromatic rings. The van der Waals surface area contributed by atoms with Crippen LogP contribution in [0.4, 0.5) is 0 Å². The number of phenolic OH excluding ortho intramolecular Hbond substituents is 1. The zero-order chi connectivity index (χ0) is 13.9. The fraction of sp³-hybridized carbons (Fsp3) is 0.0667. The van der Waals surface area contributed by atoms with Crippen molar-refractivity contribution in [2.45, 2.75) is 6.42 Å². The number of halogens is 1. The average Bonchev–Trinajstić information content (AvgIpc) is 2.91. The van der Waals surface area contributed by atoms with Gasteiger partial charge in [0.05, 0.1) is 0 Å². The maximum Gasteiger partial charge on any atom is 0.173 e. The lowest BCUT2D eigenvalue weighted by Gasteiger charge is -1.97. The molecule has 3 rings (SSSR count). The van der Waals surface area contributed by atoms with E-state index in [1.165, 1.54) is 11.5 Å². The first-order valence-electron chi connectivity index (χ1n) is 6.07. The zero-order valence-electron chi connectivity index (χ0n) is 10.5. The van der Waals surface area contributed by atoms with Gasteiger partial charge in [0.15, 0.2) is 5.82 Å². The van der Waals surface area contributed by atoms with E-state index in [4.69, 9.17) is 11.6 Å². The molecule has 0 fully saturated rings. The van der Waals surface area contributed by atoms with Gasteiger partial charge >= 0.3 is 0 Å². The van der Waals surface area contributed by atoms with Crippen LogP contribution >= 0.6 is 23.1 Å². The second kappa shape index (κ2) is 5.61. The molecule has 0 saturated heterocycles. The van der Waals surface area contributed by atoms with Gasteiger partial charge in [-0.05, 0) is 53.5 Å². The molecule has 0 unspecified atom stereocenters. The summed E-state index contributed by atoms with van der Waals surface area (Å²) in [6.45, 7) is 0. The van der Waals surface area contributed by atoms with Gasteiger partial charge in [-0.3, -0.25) is 0 Å². The van der Waals surface area contributed by atoms with Crippen molar-refractivity contribution in [3.8, 4) is 17.1 Å². The third kappa shape index (κ3) is 2.98. The maximum atomic E-state index is 9.26. The second-order valence-corrected chi connectivity index (χ2v) is 5.63. The van der Waals surface area contributed by atoms with Gasteiger partial charge < -0.3 is 5.11 Å². The summed E-state index contributed by atoms with van der Waals surface area (Å²) in [6, 6.07) is 14.6. The fourth-order valence-corrected chi connectivity index (χ4v) is 2.65. The highest BCUT2D eigenvalue weighted by Gasteiger charge is 2.07. The summed E-state index contributed by atoms with van der Waals surface area (Å²) in [5.41, 5.74) is 2.06. The Hall–Kier alpha value is -1.91. The van der Waals surface area contributed by atoms with E-state index < -0.39 is 0 Å². The summed E-state index contributed by atoms with van der Waals surface area (Å²) in [7, 11) is 0. The van der Waals surface area contributed by atoms with Gasteiger partial charge in [-0.15, -0.1) is 0 Å². The normalized spacial score (nSPS) is 10.7. The van der Waals surface area contributed by atoms with Crippen molar-refractivity contribution >= 4 is 23.1 Å². The van der Waals surface area contributed by atoms with Gasteiger partial charge in [0.1, 0.15) is 10.8 Å². The Bertz CT molecular complexity index is 707. The van der Waals surface area contributed by atoms with Crippen molar-refractivity contribution in [3.05, 3.63) is 64.1 Å². The Morgan fingerprint density at radius 3 is 2.40 bits per heavy atom. The van der Waals surface area contributed by atoms with E-state index in [1.807, 2.05) is 36.4 Å². The van der Waals surface area contributed by atoms with Gasteiger partial charge in [-0.2, -0.15) is 4.37 Å². The number of hydrogen-bond acceptors (Lipinski definition) is 4. The third-order valence-electron chi connectivity index (χ3n) is 2.86. The molecule has 1 N–H and O–H groups in total. The van der Waals surface area contributed by atoms with Gasteiger partial charge in [-0.1, -0.05) is 23.7 Å². The summed E-state index contributed by atoms with van der Waals surface area (Å²) < 4.78 is 4.37. The molecule has 0 aliphatic carbocycles. The number of phenols is 1. The van der Waals surface area contributed by atoms with Crippen molar-refractivity contribution in [3.63, 3.8) is 0 Å². The van der Waals surface area contributed by atoms with Crippen molar-refractivity contribution in [1.29, 1.82) is 0 Å². The van der Waals surface area contributed by atoms with Crippen LogP contribution < -0.4 is 0 Å². The van der Waals surface area contributed by atoms with Crippen LogP contribution in [-0.2, 0) is 6.42 Å². The molecule has 0 radical (unpaired) electrons. The lowest BCUT2D eigenvalue weighted by Crippen LogP contribution is -1.87. The molecule has 0 aliphatic heterocycles. The van der Waals surface area contributed by atoms with Gasteiger partial charge in [-0.25, -0.2) is 4.98 Å². The largest absolute Gasteiger partial charge is 0.508 e. The van der Waals surface area contributed by atoms with Crippen LogP contribution in [-0.4, -0.2) is 14.5 Å². The molecule has 20 heavy (non-hydrogen) atoms. The predicted octanol–water partition coefficient (Wildman–Crippen LogP) is 4.15. The lowest BCUT2D eigenvalue weighted by atomic mass is 10.1. The summed E-state index contributed by atoms with van der Waals surface area (Å²) in [5, 5.41) is 10.9. The van der Waals surface area contributed by atoms with E-state index in [9.17, 15) is 5.11 Å². The first kappa shape index (κ1) is 13.1. The van der Waals surface area contributed by atoms with Crippen LogP contribution in [0.3, 0.4) is 0 Å². The number of aromatic nitrogens is 2. The van der Waals surface area contributed by atoms with Crippen molar-refractivity contribution in [2.75, 3.05) is 0 Å². The molecule has 0 amide bonds. The highest BCUT2D eigenvalue weighted by molar-refractivity contribution is 7.05. The summed E-state index contributed by atoms with van der Waals surface area (Å²) >= 11 is 7.26. The van der Waals surface area contributed by atoms with Crippen LogP contribution in [0.15, 0.2) is 48.5 Å². The maximum absolute atomic E-state index is 9.26. The minimum atomic E-state index is 0.271. The number of nitrogens with zero attached hydrogens (tertiary/aromatic N) is 2. The first-order chi connectivity index (χ1) is 9.70. The van der Waals surface area contributed by atoms with Gasteiger partial charge in [0, 0.05) is 17.0 Å². The molecule has 0 bridgehead atoms. The summed E-state index contributed by atoms with van der Waals surface area (Å²) in [4.78, 5) is 4.53. The summed E-state index contributed by atoms with van der Waals surface area (Å²) in [5.74, 6) is 0.994. The Labute approximate surface area is 125 Å². The molecular weight excluding hydrogens is 292 g/mol. The molecule has 0 saturated carbocycles. The molecule has 1 aromatic heterocycles. The number of aromatic hydroxyl groups is 1. The number of hydrogen-bond donors (Lipinski definition) is 1. The highest BCUT2D eigenvalue weighted by Crippen LogP contribution is 2.22. The Kier molecular flexibility index (Phi) is 3.67. The van der Waals surface area contributed by atoms with E-state index in [-0.39, 0.29) is 5.75 Å². The quantitative estimate of drug-likeness (QED) is 0.790. The molecule has 5 heteroatoms. The number of benzene rings is 2. The zero-order valence-corrected chi connectivity index (χ0v) is 12.0. The van der Waals surface area contributed by atoms with Gasteiger partial charge in [0.25, 0.3) is 0 Å². The standard InChI is InChI=1S/C15H11ClN2OS/c16-12-5-3-11(4-6-12)15-17-14(20-18-15)9-10-1-7-13(19)8-2-10/h1-8,19H,9H2. The molecular formula is C15H11ClN2OS. The van der Waals surface area contributed by atoms with E-state index >= 15 is 0 Å². The molecule has 1 heterocycles. The molecule has 100 valence electrons. The highest BCUT2D eigenvalue weighted by atomic mass is 35.5. The Morgan fingerprint density at radius 1 is 1.00 bits per heavy atom. The molecule has 2 aromatic carbocycles. The van der Waals surface area contributed by atoms with E-state index in [2.05, 4.69) is 9.36 Å². The van der Waals surface area contributed by atoms with Crippen molar-refractivity contribution in [2.24, 2.45) is 0 Å². The molecule has 0 aliphatic rings. The van der Waals surface area contributed by atoms with Crippen LogP contribution in [0, 0.1) is 0 Å². The van der Waals surface area contributed by atoms with Crippen molar-refractivity contribution < 1.29 is 5.11 Å². The topological polar surface area (TPSA) is 46.0 Å². The number of rotatable bonds is 3. The third-order valence-corrected chi connectivity index (χ3v) is 3.82. The van der Waals surface area contributed by atoms with E-state index in [0.717, 1.165) is 22.0 Å². The lowest BCUT2D eigenvalue weighted by molar-refractivity contribution is 0.475. The van der Waals surface area contributed by atoms with Crippen molar-refractivity contribution in [1.82, 2.24) is 9.36 Å². The van der Waals surface area contributed by atoms with Crippen LogP contribution in [0.25, 0.3) is 11.4 Å². The van der Waals surface area contributed by atoms with E-state index in [1.54, 1.807) is 12.1 Å².